The molecule has 0 radical (unpaired) electrons. The van der Waals surface area contributed by atoms with Gasteiger partial charge in [0.25, 0.3) is 0 Å². The summed E-state index contributed by atoms with van der Waals surface area (Å²) in [6.07, 6.45) is 0. The Bertz CT molecular complexity index is 875. The third kappa shape index (κ3) is 3.36. The molecule has 1 aliphatic rings. The third-order valence-electron chi connectivity index (χ3n) is 4.43. The van der Waals surface area contributed by atoms with E-state index in [2.05, 4.69) is 15.2 Å². The molecule has 128 valence electrons. The van der Waals surface area contributed by atoms with Crippen LogP contribution in [0.1, 0.15) is 12.5 Å². The number of nitrogens with zero attached hydrogens (tertiary/aromatic N) is 2. The predicted octanol–water partition coefficient (Wildman–Crippen LogP) is 3.52. The molecule has 0 saturated carbocycles. The second-order valence-corrected chi connectivity index (χ2v) is 7.11. The van der Waals surface area contributed by atoms with Crippen molar-refractivity contribution in [2.45, 2.75) is 19.5 Å². The number of benzene rings is 2. The van der Waals surface area contributed by atoms with E-state index in [-0.39, 0.29) is 11.9 Å². The number of carbonyl (C=O) groups is 1. The lowest BCUT2D eigenvalue weighted by molar-refractivity contribution is -0.121. The monoisotopic (exact) mass is 353 g/mol. The van der Waals surface area contributed by atoms with Crippen molar-refractivity contribution < 1.29 is 9.53 Å². The van der Waals surface area contributed by atoms with Crippen LogP contribution in [0.5, 0.6) is 5.75 Å². The Morgan fingerprint density at radius 1 is 1.24 bits per heavy atom. The second kappa shape index (κ2) is 6.82. The summed E-state index contributed by atoms with van der Waals surface area (Å²) >= 11 is 1.50. The van der Waals surface area contributed by atoms with Gasteiger partial charge in [-0.05, 0) is 25.1 Å². The number of para-hydroxylation sites is 2. The first-order chi connectivity index (χ1) is 12.2. The van der Waals surface area contributed by atoms with Crippen LogP contribution in [-0.4, -0.2) is 35.0 Å². The molecule has 1 aromatic heterocycles. The van der Waals surface area contributed by atoms with E-state index in [0.29, 0.717) is 24.8 Å². The topological polar surface area (TPSA) is 54.5 Å². The number of thiazole rings is 1. The molecule has 0 spiro atoms. The molecule has 25 heavy (non-hydrogen) atoms. The number of rotatable bonds is 3. The standard InChI is InChI=1S/C19H19N3O2S/c1-13(22-10-11-24-16-8-4-2-6-14(16)12-22)18(23)21-19-20-15-7-3-5-9-17(15)25-19/h2-9,13H,10-12H2,1H3,(H,20,21,23). The van der Waals surface area contributed by atoms with E-state index in [1.165, 1.54) is 11.3 Å². The highest BCUT2D eigenvalue weighted by Crippen LogP contribution is 2.26. The Labute approximate surface area is 150 Å². The zero-order valence-electron chi connectivity index (χ0n) is 13.9. The van der Waals surface area contributed by atoms with Crippen molar-refractivity contribution in [3.05, 3.63) is 54.1 Å². The van der Waals surface area contributed by atoms with E-state index in [9.17, 15) is 4.79 Å². The van der Waals surface area contributed by atoms with Gasteiger partial charge in [0.15, 0.2) is 5.13 Å². The van der Waals surface area contributed by atoms with Gasteiger partial charge in [-0.3, -0.25) is 9.69 Å². The fourth-order valence-corrected chi connectivity index (χ4v) is 3.85. The van der Waals surface area contributed by atoms with Gasteiger partial charge in [0.1, 0.15) is 12.4 Å². The fraction of sp³-hybridized carbons (Fsp3) is 0.263. The first-order valence-electron chi connectivity index (χ1n) is 8.32. The number of nitrogens with one attached hydrogen (secondary N) is 1. The maximum absolute atomic E-state index is 12.7. The number of fused-ring (bicyclic) bond motifs is 2. The Morgan fingerprint density at radius 3 is 2.92 bits per heavy atom. The van der Waals surface area contributed by atoms with E-state index in [1.807, 2.05) is 55.5 Å². The molecule has 3 aromatic rings. The Hall–Kier alpha value is -2.44. The van der Waals surface area contributed by atoms with E-state index in [4.69, 9.17) is 4.74 Å². The van der Waals surface area contributed by atoms with Crippen molar-refractivity contribution >= 4 is 32.6 Å². The normalized spacial score (nSPS) is 15.9. The van der Waals surface area contributed by atoms with Crippen LogP contribution in [0.2, 0.25) is 0 Å². The van der Waals surface area contributed by atoms with Crippen LogP contribution in [0.15, 0.2) is 48.5 Å². The van der Waals surface area contributed by atoms with Gasteiger partial charge in [-0.2, -0.15) is 0 Å². The summed E-state index contributed by atoms with van der Waals surface area (Å²) in [4.78, 5) is 19.3. The third-order valence-corrected chi connectivity index (χ3v) is 5.39. The van der Waals surface area contributed by atoms with Crippen molar-refractivity contribution in [1.82, 2.24) is 9.88 Å². The quantitative estimate of drug-likeness (QED) is 0.783. The number of carbonyl (C=O) groups excluding carboxylic acids is 1. The van der Waals surface area contributed by atoms with Crippen LogP contribution in [0, 0.1) is 0 Å². The molecule has 0 saturated heterocycles. The van der Waals surface area contributed by atoms with Crippen molar-refractivity contribution in [2.75, 3.05) is 18.5 Å². The lowest BCUT2D eigenvalue weighted by atomic mass is 10.1. The highest BCUT2D eigenvalue weighted by Gasteiger charge is 2.25. The Kier molecular flexibility index (Phi) is 4.38. The molecule has 6 heteroatoms. The van der Waals surface area contributed by atoms with Gasteiger partial charge in [-0.1, -0.05) is 41.7 Å². The zero-order valence-corrected chi connectivity index (χ0v) is 14.8. The minimum absolute atomic E-state index is 0.0431. The average molecular weight is 353 g/mol. The van der Waals surface area contributed by atoms with E-state index in [1.54, 1.807) is 0 Å². The molecule has 2 heterocycles. The molecule has 5 nitrogen and oxygen atoms in total. The van der Waals surface area contributed by atoms with Gasteiger partial charge < -0.3 is 10.1 Å². The van der Waals surface area contributed by atoms with Crippen LogP contribution < -0.4 is 10.1 Å². The first-order valence-corrected chi connectivity index (χ1v) is 9.13. The van der Waals surface area contributed by atoms with Crippen molar-refractivity contribution in [3.8, 4) is 5.75 Å². The zero-order chi connectivity index (χ0) is 17.2. The lowest BCUT2D eigenvalue weighted by Crippen LogP contribution is -2.42. The minimum Gasteiger partial charge on any atom is -0.492 e. The molecule has 1 N–H and O–H groups in total. The van der Waals surface area contributed by atoms with Gasteiger partial charge >= 0.3 is 0 Å². The van der Waals surface area contributed by atoms with Gasteiger partial charge in [0.05, 0.1) is 16.3 Å². The lowest BCUT2D eigenvalue weighted by Gasteiger charge is -2.25. The van der Waals surface area contributed by atoms with Gasteiger partial charge in [-0.25, -0.2) is 4.98 Å². The Balaban J connectivity index is 1.48. The molecule has 4 rings (SSSR count). The summed E-state index contributed by atoms with van der Waals surface area (Å²) in [5.41, 5.74) is 2.02. The SMILES string of the molecule is CC(C(=O)Nc1nc2ccccc2s1)N1CCOc2ccccc2C1. The highest BCUT2D eigenvalue weighted by molar-refractivity contribution is 7.22. The maximum Gasteiger partial charge on any atom is 0.243 e. The number of anilines is 1. The molecule has 2 aromatic carbocycles. The van der Waals surface area contributed by atoms with E-state index in [0.717, 1.165) is 21.5 Å². The predicted molar refractivity (Wildman–Crippen MR) is 100 cm³/mol. The molecule has 0 fully saturated rings. The molecule has 1 amide bonds. The molecular formula is C19H19N3O2S. The summed E-state index contributed by atoms with van der Waals surface area (Å²) in [5.74, 6) is 0.863. The summed E-state index contributed by atoms with van der Waals surface area (Å²) in [7, 11) is 0. The molecular weight excluding hydrogens is 334 g/mol. The van der Waals surface area contributed by atoms with Gasteiger partial charge in [0, 0.05) is 18.7 Å². The molecule has 0 aliphatic carbocycles. The largest absolute Gasteiger partial charge is 0.492 e. The van der Waals surface area contributed by atoms with Crippen LogP contribution in [0.3, 0.4) is 0 Å². The smallest absolute Gasteiger partial charge is 0.243 e. The van der Waals surface area contributed by atoms with E-state index < -0.39 is 0 Å². The van der Waals surface area contributed by atoms with Crippen molar-refractivity contribution in [1.29, 1.82) is 0 Å². The summed E-state index contributed by atoms with van der Waals surface area (Å²) < 4.78 is 6.85. The summed E-state index contributed by atoms with van der Waals surface area (Å²) in [6, 6.07) is 15.6. The molecule has 1 atom stereocenters. The number of aromatic nitrogens is 1. The summed E-state index contributed by atoms with van der Waals surface area (Å²) in [5, 5.41) is 3.60. The maximum atomic E-state index is 12.7. The molecule has 1 unspecified atom stereocenters. The fourth-order valence-electron chi connectivity index (χ4n) is 2.98. The second-order valence-electron chi connectivity index (χ2n) is 6.08. The number of hydrogen-bond donors (Lipinski definition) is 1. The highest BCUT2D eigenvalue weighted by atomic mass is 32.1. The van der Waals surface area contributed by atoms with Crippen LogP contribution >= 0.6 is 11.3 Å². The number of amides is 1. The average Bonchev–Trinajstić information content (AvgIpc) is 2.90. The number of ether oxygens (including phenoxy) is 1. The van der Waals surface area contributed by atoms with Crippen LogP contribution in [-0.2, 0) is 11.3 Å². The van der Waals surface area contributed by atoms with E-state index >= 15 is 0 Å². The van der Waals surface area contributed by atoms with Crippen molar-refractivity contribution in [3.63, 3.8) is 0 Å². The molecule has 1 aliphatic heterocycles. The van der Waals surface area contributed by atoms with Gasteiger partial charge in [-0.15, -0.1) is 0 Å². The first kappa shape index (κ1) is 16.1. The van der Waals surface area contributed by atoms with Crippen molar-refractivity contribution in [2.24, 2.45) is 0 Å². The minimum atomic E-state index is -0.262. The summed E-state index contributed by atoms with van der Waals surface area (Å²) in [6.45, 7) is 3.92. The molecule has 0 bridgehead atoms. The van der Waals surface area contributed by atoms with Crippen LogP contribution in [0.25, 0.3) is 10.2 Å². The Morgan fingerprint density at radius 2 is 2.04 bits per heavy atom. The van der Waals surface area contributed by atoms with Crippen LogP contribution in [0.4, 0.5) is 5.13 Å². The number of hydrogen-bond acceptors (Lipinski definition) is 5. The van der Waals surface area contributed by atoms with Gasteiger partial charge in [0.2, 0.25) is 5.91 Å².